The number of benzene rings is 2. The SMILES string of the molecule is CCN(CC)S(=O)(=O)c1ccc(Cl)c(C(=O)N2CCCN(c3ccc(OC)cc3)CC2)c1. The maximum absolute atomic E-state index is 13.3. The Labute approximate surface area is 195 Å². The van der Waals surface area contributed by atoms with E-state index < -0.39 is 10.0 Å². The highest BCUT2D eigenvalue weighted by Gasteiger charge is 2.26. The third kappa shape index (κ3) is 5.19. The fraction of sp³-hybridized carbons (Fsp3) is 0.435. The van der Waals surface area contributed by atoms with Crippen LogP contribution >= 0.6 is 11.6 Å². The zero-order valence-corrected chi connectivity index (χ0v) is 20.3. The van der Waals surface area contributed by atoms with E-state index in [0.29, 0.717) is 32.7 Å². The third-order valence-corrected chi connectivity index (χ3v) is 8.11. The second-order valence-corrected chi connectivity index (χ2v) is 9.91. The summed E-state index contributed by atoms with van der Waals surface area (Å²) >= 11 is 6.32. The summed E-state index contributed by atoms with van der Waals surface area (Å²) in [5.74, 6) is 0.553. The highest BCUT2D eigenvalue weighted by Crippen LogP contribution is 2.26. The number of nitrogens with zero attached hydrogens (tertiary/aromatic N) is 3. The quantitative estimate of drug-likeness (QED) is 0.605. The first kappa shape index (κ1) is 24.4. The summed E-state index contributed by atoms with van der Waals surface area (Å²) in [4.78, 5) is 17.4. The van der Waals surface area contributed by atoms with Gasteiger partial charge in [0.15, 0.2) is 0 Å². The second-order valence-electron chi connectivity index (χ2n) is 7.56. The van der Waals surface area contributed by atoms with Gasteiger partial charge in [-0.25, -0.2) is 8.42 Å². The van der Waals surface area contributed by atoms with E-state index in [1.54, 1.807) is 25.9 Å². The first-order valence-corrected chi connectivity index (χ1v) is 12.6. The predicted molar refractivity (Wildman–Crippen MR) is 127 cm³/mol. The van der Waals surface area contributed by atoms with Crippen LogP contribution in [0.4, 0.5) is 5.69 Å². The van der Waals surface area contributed by atoms with Crippen LogP contribution in [0.25, 0.3) is 0 Å². The molecule has 0 radical (unpaired) electrons. The van der Waals surface area contributed by atoms with Gasteiger partial charge in [0.05, 0.1) is 22.6 Å². The second kappa shape index (κ2) is 10.6. The zero-order chi connectivity index (χ0) is 23.3. The molecule has 0 atom stereocenters. The number of halogens is 1. The molecule has 0 aromatic heterocycles. The van der Waals surface area contributed by atoms with Crippen molar-refractivity contribution in [2.45, 2.75) is 25.2 Å². The Kier molecular flexibility index (Phi) is 8.03. The van der Waals surface area contributed by atoms with Crippen molar-refractivity contribution >= 4 is 33.2 Å². The van der Waals surface area contributed by atoms with Crippen molar-refractivity contribution in [2.75, 3.05) is 51.3 Å². The number of hydrogen-bond donors (Lipinski definition) is 0. The molecule has 0 aliphatic carbocycles. The van der Waals surface area contributed by atoms with Crippen LogP contribution in [-0.4, -0.2) is 69.9 Å². The van der Waals surface area contributed by atoms with Gasteiger partial charge in [-0.05, 0) is 48.9 Å². The highest BCUT2D eigenvalue weighted by atomic mass is 35.5. The maximum Gasteiger partial charge on any atom is 0.255 e. The maximum atomic E-state index is 13.3. The molecule has 1 saturated heterocycles. The number of carbonyl (C=O) groups excluding carboxylic acids is 1. The lowest BCUT2D eigenvalue weighted by Crippen LogP contribution is -2.35. The third-order valence-electron chi connectivity index (χ3n) is 5.73. The van der Waals surface area contributed by atoms with Crippen molar-refractivity contribution in [1.29, 1.82) is 0 Å². The molecular formula is C23H30ClN3O4S. The van der Waals surface area contributed by atoms with Crippen LogP contribution in [0.5, 0.6) is 5.75 Å². The van der Waals surface area contributed by atoms with Gasteiger partial charge in [-0.1, -0.05) is 25.4 Å². The zero-order valence-electron chi connectivity index (χ0n) is 18.8. The molecule has 3 rings (SSSR count). The molecule has 2 aromatic rings. The summed E-state index contributed by atoms with van der Waals surface area (Å²) < 4.78 is 32.4. The Bertz CT molecular complexity index is 1040. The molecule has 1 fully saturated rings. The molecule has 0 N–H and O–H groups in total. The van der Waals surface area contributed by atoms with E-state index in [4.69, 9.17) is 16.3 Å². The van der Waals surface area contributed by atoms with Gasteiger partial charge in [-0.15, -0.1) is 0 Å². The summed E-state index contributed by atoms with van der Waals surface area (Å²) in [5.41, 5.74) is 1.29. The minimum absolute atomic E-state index is 0.0867. The largest absolute Gasteiger partial charge is 0.497 e. The Balaban J connectivity index is 1.78. The van der Waals surface area contributed by atoms with Gasteiger partial charge in [-0.2, -0.15) is 4.31 Å². The lowest BCUT2D eigenvalue weighted by atomic mass is 10.2. The van der Waals surface area contributed by atoms with Crippen LogP contribution in [0, 0.1) is 0 Å². The summed E-state index contributed by atoms with van der Waals surface area (Å²) in [7, 11) is -2.04. The van der Waals surface area contributed by atoms with Crippen LogP contribution in [0.3, 0.4) is 0 Å². The first-order valence-electron chi connectivity index (χ1n) is 10.8. The first-order chi connectivity index (χ1) is 15.3. The van der Waals surface area contributed by atoms with Crippen LogP contribution in [0.15, 0.2) is 47.4 Å². The van der Waals surface area contributed by atoms with Crippen molar-refractivity contribution in [1.82, 2.24) is 9.21 Å². The van der Waals surface area contributed by atoms with E-state index in [-0.39, 0.29) is 21.4 Å². The highest BCUT2D eigenvalue weighted by molar-refractivity contribution is 7.89. The summed E-state index contributed by atoms with van der Waals surface area (Å²) in [6.45, 7) is 6.89. The molecule has 1 aliphatic rings. The van der Waals surface area contributed by atoms with E-state index in [0.717, 1.165) is 24.4 Å². The summed E-state index contributed by atoms with van der Waals surface area (Å²) in [6, 6.07) is 12.2. The van der Waals surface area contributed by atoms with E-state index in [9.17, 15) is 13.2 Å². The van der Waals surface area contributed by atoms with Gasteiger partial charge >= 0.3 is 0 Å². The normalized spacial score (nSPS) is 15.0. The molecule has 0 unspecified atom stereocenters. The standard InChI is InChI=1S/C23H30ClN3O4S/c1-4-27(5-2)32(29,30)20-11-12-22(24)21(17-20)23(28)26-14-6-13-25(15-16-26)18-7-9-19(31-3)10-8-18/h7-12,17H,4-6,13-16H2,1-3H3. The minimum Gasteiger partial charge on any atom is -0.497 e. The van der Waals surface area contributed by atoms with Gasteiger partial charge in [-0.3, -0.25) is 4.79 Å². The van der Waals surface area contributed by atoms with Gasteiger partial charge in [0.2, 0.25) is 10.0 Å². The number of amides is 1. The van der Waals surface area contributed by atoms with Crippen molar-refractivity contribution < 1.29 is 17.9 Å². The van der Waals surface area contributed by atoms with Crippen LogP contribution in [0.1, 0.15) is 30.6 Å². The fourth-order valence-corrected chi connectivity index (χ4v) is 5.57. The number of ether oxygens (including phenoxy) is 1. The number of sulfonamides is 1. The molecule has 32 heavy (non-hydrogen) atoms. The average Bonchev–Trinajstić information content (AvgIpc) is 3.06. The van der Waals surface area contributed by atoms with Crippen molar-refractivity contribution in [3.8, 4) is 5.75 Å². The predicted octanol–water partition coefficient (Wildman–Crippen LogP) is 3.73. The van der Waals surface area contributed by atoms with Crippen LogP contribution in [-0.2, 0) is 10.0 Å². The summed E-state index contributed by atoms with van der Waals surface area (Å²) in [6.07, 6.45) is 0.798. The van der Waals surface area contributed by atoms with Gasteiger partial charge in [0.1, 0.15) is 5.75 Å². The Morgan fingerprint density at radius 3 is 2.34 bits per heavy atom. The molecule has 2 aromatic carbocycles. The molecule has 1 heterocycles. The van der Waals surface area contributed by atoms with E-state index >= 15 is 0 Å². The lowest BCUT2D eigenvalue weighted by Gasteiger charge is -2.24. The molecule has 174 valence electrons. The number of rotatable bonds is 7. The molecule has 0 bridgehead atoms. The van der Waals surface area contributed by atoms with Gasteiger partial charge in [0.25, 0.3) is 5.91 Å². The number of anilines is 1. The Morgan fingerprint density at radius 1 is 1.03 bits per heavy atom. The van der Waals surface area contributed by atoms with Crippen LogP contribution < -0.4 is 9.64 Å². The number of carbonyl (C=O) groups is 1. The fourth-order valence-electron chi connectivity index (χ4n) is 3.88. The van der Waals surface area contributed by atoms with Crippen molar-refractivity contribution in [3.63, 3.8) is 0 Å². The molecule has 7 nitrogen and oxygen atoms in total. The number of methoxy groups -OCH3 is 1. The minimum atomic E-state index is -3.68. The summed E-state index contributed by atoms with van der Waals surface area (Å²) in [5, 5.41) is 0.254. The lowest BCUT2D eigenvalue weighted by molar-refractivity contribution is 0.0767. The topological polar surface area (TPSA) is 70.2 Å². The van der Waals surface area contributed by atoms with Gasteiger partial charge < -0.3 is 14.5 Å². The molecule has 0 saturated carbocycles. The van der Waals surface area contributed by atoms with Crippen LogP contribution in [0.2, 0.25) is 5.02 Å². The van der Waals surface area contributed by atoms with E-state index in [1.165, 1.54) is 22.5 Å². The number of hydrogen-bond acceptors (Lipinski definition) is 5. The molecular weight excluding hydrogens is 450 g/mol. The molecule has 9 heteroatoms. The smallest absolute Gasteiger partial charge is 0.255 e. The monoisotopic (exact) mass is 479 g/mol. The van der Waals surface area contributed by atoms with E-state index in [1.807, 2.05) is 24.3 Å². The Morgan fingerprint density at radius 2 is 1.72 bits per heavy atom. The molecule has 1 aliphatic heterocycles. The van der Waals surface area contributed by atoms with Gasteiger partial charge in [0, 0.05) is 45.0 Å². The van der Waals surface area contributed by atoms with Crippen molar-refractivity contribution in [2.24, 2.45) is 0 Å². The van der Waals surface area contributed by atoms with Crippen molar-refractivity contribution in [3.05, 3.63) is 53.1 Å². The Hall–Kier alpha value is -2.29. The average molecular weight is 480 g/mol. The molecule has 0 spiro atoms. The molecule has 1 amide bonds. The van der Waals surface area contributed by atoms with E-state index in [2.05, 4.69) is 4.90 Å².